The monoisotopic (exact) mass is 292 g/mol. The van der Waals surface area contributed by atoms with Crippen molar-refractivity contribution in [1.29, 1.82) is 0 Å². The first-order valence-electron chi connectivity index (χ1n) is 7.72. The number of amides is 1. The molecule has 0 aliphatic carbocycles. The predicted octanol–water partition coefficient (Wildman–Crippen LogP) is 3.04. The van der Waals surface area contributed by atoms with Crippen molar-refractivity contribution in [3.8, 4) is 5.75 Å². The zero-order chi connectivity index (χ0) is 15.8. The Hall–Kier alpha value is -1.55. The van der Waals surface area contributed by atoms with E-state index in [1.54, 1.807) is 7.11 Å². The Balaban J connectivity index is 2.55. The van der Waals surface area contributed by atoms with Gasteiger partial charge in [-0.3, -0.25) is 10.1 Å². The van der Waals surface area contributed by atoms with Gasteiger partial charge >= 0.3 is 0 Å². The van der Waals surface area contributed by atoms with Gasteiger partial charge < -0.3 is 10.1 Å². The van der Waals surface area contributed by atoms with Crippen LogP contribution in [0.15, 0.2) is 24.3 Å². The average Bonchev–Trinajstić information content (AvgIpc) is 2.52. The van der Waals surface area contributed by atoms with Gasteiger partial charge in [-0.15, -0.1) is 0 Å². The molecule has 1 aromatic carbocycles. The fourth-order valence-electron chi connectivity index (χ4n) is 2.26. The van der Waals surface area contributed by atoms with Crippen LogP contribution < -0.4 is 15.4 Å². The minimum absolute atomic E-state index is 0.0593. The maximum Gasteiger partial charge on any atom is 0.237 e. The summed E-state index contributed by atoms with van der Waals surface area (Å²) in [6, 6.07) is 8.05. The first kappa shape index (κ1) is 17.5. The van der Waals surface area contributed by atoms with E-state index in [1.807, 2.05) is 31.2 Å². The molecule has 0 bridgehead atoms. The maximum absolute atomic E-state index is 12.1. The fourth-order valence-corrected chi connectivity index (χ4v) is 2.26. The highest BCUT2D eigenvalue weighted by atomic mass is 16.5. The van der Waals surface area contributed by atoms with E-state index in [1.165, 1.54) is 0 Å². The van der Waals surface area contributed by atoms with E-state index in [-0.39, 0.29) is 24.0 Å². The van der Waals surface area contributed by atoms with Crippen LogP contribution in [0.3, 0.4) is 0 Å². The maximum atomic E-state index is 12.1. The van der Waals surface area contributed by atoms with Crippen molar-refractivity contribution in [2.24, 2.45) is 0 Å². The smallest absolute Gasteiger partial charge is 0.237 e. The summed E-state index contributed by atoms with van der Waals surface area (Å²) in [7, 11) is 1.65. The number of methoxy groups -OCH3 is 1. The number of hydrogen-bond donors (Lipinski definition) is 2. The third kappa shape index (κ3) is 5.38. The molecule has 0 fully saturated rings. The molecule has 0 radical (unpaired) electrons. The zero-order valence-electron chi connectivity index (χ0n) is 13.8. The summed E-state index contributed by atoms with van der Waals surface area (Å²) in [4.78, 5) is 12.1. The molecule has 1 rings (SSSR count). The van der Waals surface area contributed by atoms with Crippen molar-refractivity contribution in [3.05, 3.63) is 29.8 Å². The second-order valence-electron chi connectivity index (χ2n) is 5.41. The summed E-state index contributed by atoms with van der Waals surface area (Å²) in [6.07, 6.45) is 1.92. The SMILES string of the molecule is CCC(CC)NC(=O)C(C)N[C@@H](C)c1ccc(OC)cc1. The molecule has 0 aromatic heterocycles. The number of benzene rings is 1. The normalized spacial score (nSPS) is 13.8. The van der Waals surface area contributed by atoms with Crippen LogP contribution in [0.25, 0.3) is 0 Å². The van der Waals surface area contributed by atoms with E-state index >= 15 is 0 Å². The molecule has 0 aliphatic heterocycles. The van der Waals surface area contributed by atoms with Gasteiger partial charge in [-0.05, 0) is 44.4 Å². The standard InChI is InChI=1S/C17H28N2O2/c1-6-15(7-2)19-17(20)13(4)18-12(3)14-8-10-16(21-5)11-9-14/h8-13,15,18H,6-7H2,1-5H3,(H,19,20)/t12-,13?/m0/s1. The first-order chi connectivity index (χ1) is 10.0. The molecule has 118 valence electrons. The lowest BCUT2D eigenvalue weighted by molar-refractivity contribution is -0.123. The predicted molar refractivity (Wildman–Crippen MR) is 86.5 cm³/mol. The minimum Gasteiger partial charge on any atom is -0.497 e. The molecule has 0 saturated carbocycles. The van der Waals surface area contributed by atoms with Gasteiger partial charge in [-0.25, -0.2) is 0 Å². The highest BCUT2D eigenvalue weighted by molar-refractivity contribution is 5.81. The number of ether oxygens (including phenoxy) is 1. The molecule has 4 nitrogen and oxygen atoms in total. The van der Waals surface area contributed by atoms with Gasteiger partial charge in [0, 0.05) is 12.1 Å². The van der Waals surface area contributed by atoms with Crippen LogP contribution in [0.4, 0.5) is 0 Å². The first-order valence-corrected chi connectivity index (χ1v) is 7.72. The largest absolute Gasteiger partial charge is 0.497 e. The highest BCUT2D eigenvalue weighted by Crippen LogP contribution is 2.17. The van der Waals surface area contributed by atoms with Crippen molar-refractivity contribution in [2.45, 2.75) is 58.7 Å². The lowest BCUT2D eigenvalue weighted by Gasteiger charge is -2.22. The van der Waals surface area contributed by atoms with Crippen LogP contribution in [0.1, 0.15) is 52.1 Å². The van der Waals surface area contributed by atoms with E-state index in [0.717, 1.165) is 24.2 Å². The van der Waals surface area contributed by atoms with Crippen LogP contribution in [0.2, 0.25) is 0 Å². The number of carbonyl (C=O) groups is 1. The van der Waals surface area contributed by atoms with Gasteiger partial charge in [-0.2, -0.15) is 0 Å². The summed E-state index contributed by atoms with van der Waals surface area (Å²) < 4.78 is 5.15. The molecular formula is C17H28N2O2. The van der Waals surface area contributed by atoms with Crippen molar-refractivity contribution < 1.29 is 9.53 Å². The topological polar surface area (TPSA) is 50.4 Å². The third-order valence-corrected chi connectivity index (χ3v) is 3.84. The van der Waals surface area contributed by atoms with Crippen molar-refractivity contribution >= 4 is 5.91 Å². The van der Waals surface area contributed by atoms with E-state index < -0.39 is 0 Å². The van der Waals surface area contributed by atoms with Gasteiger partial charge in [0.25, 0.3) is 0 Å². The molecule has 1 unspecified atom stereocenters. The van der Waals surface area contributed by atoms with E-state index in [0.29, 0.717) is 0 Å². The Labute approximate surface area is 128 Å². The van der Waals surface area contributed by atoms with Gasteiger partial charge in [0.2, 0.25) is 5.91 Å². The number of hydrogen-bond acceptors (Lipinski definition) is 3. The second-order valence-corrected chi connectivity index (χ2v) is 5.41. The van der Waals surface area contributed by atoms with Crippen LogP contribution in [0.5, 0.6) is 5.75 Å². The Bertz CT molecular complexity index is 427. The van der Waals surface area contributed by atoms with Crippen LogP contribution in [0, 0.1) is 0 Å². The summed E-state index contributed by atoms with van der Waals surface area (Å²) in [5.74, 6) is 0.898. The van der Waals surface area contributed by atoms with Crippen LogP contribution in [-0.4, -0.2) is 25.1 Å². The number of rotatable bonds is 8. The van der Waals surface area contributed by atoms with Gasteiger partial charge in [0.15, 0.2) is 0 Å². The van der Waals surface area contributed by atoms with Gasteiger partial charge in [0.05, 0.1) is 13.2 Å². The molecule has 4 heteroatoms. The Morgan fingerprint density at radius 1 is 1.14 bits per heavy atom. The minimum atomic E-state index is -0.220. The molecule has 0 heterocycles. The Morgan fingerprint density at radius 2 is 1.71 bits per heavy atom. The number of carbonyl (C=O) groups excluding carboxylic acids is 1. The summed E-state index contributed by atoms with van der Waals surface area (Å²) >= 11 is 0. The van der Waals surface area contributed by atoms with Crippen LogP contribution >= 0.6 is 0 Å². The van der Waals surface area contributed by atoms with Crippen LogP contribution in [-0.2, 0) is 4.79 Å². The molecule has 1 aromatic rings. The zero-order valence-corrected chi connectivity index (χ0v) is 13.8. The summed E-state index contributed by atoms with van der Waals surface area (Å²) in [5.41, 5.74) is 1.14. The van der Waals surface area contributed by atoms with Gasteiger partial charge in [0.1, 0.15) is 5.75 Å². The molecule has 1 amide bonds. The third-order valence-electron chi connectivity index (χ3n) is 3.84. The molecule has 0 saturated heterocycles. The molecule has 2 atom stereocenters. The molecule has 2 N–H and O–H groups in total. The average molecular weight is 292 g/mol. The number of nitrogens with one attached hydrogen (secondary N) is 2. The van der Waals surface area contributed by atoms with Gasteiger partial charge in [-0.1, -0.05) is 26.0 Å². The molecule has 0 aliphatic rings. The van der Waals surface area contributed by atoms with E-state index in [2.05, 4.69) is 31.4 Å². The van der Waals surface area contributed by atoms with E-state index in [4.69, 9.17) is 4.74 Å². The molecule has 0 spiro atoms. The fraction of sp³-hybridized carbons (Fsp3) is 0.588. The molecule has 21 heavy (non-hydrogen) atoms. The van der Waals surface area contributed by atoms with E-state index in [9.17, 15) is 4.79 Å². The molecular weight excluding hydrogens is 264 g/mol. The second kappa shape index (κ2) is 8.67. The Kier molecular flexibility index (Phi) is 7.23. The summed E-state index contributed by atoms with van der Waals surface area (Å²) in [6.45, 7) is 8.14. The lowest BCUT2D eigenvalue weighted by atomic mass is 10.1. The van der Waals surface area contributed by atoms with Crippen molar-refractivity contribution in [3.63, 3.8) is 0 Å². The lowest BCUT2D eigenvalue weighted by Crippen LogP contribution is -2.46. The van der Waals surface area contributed by atoms with Crippen molar-refractivity contribution in [2.75, 3.05) is 7.11 Å². The van der Waals surface area contributed by atoms with Crippen molar-refractivity contribution in [1.82, 2.24) is 10.6 Å². The Morgan fingerprint density at radius 3 is 2.19 bits per heavy atom. The quantitative estimate of drug-likeness (QED) is 0.774. The summed E-state index contributed by atoms with van der Waals surface area (Å²) in [5, 5.41) is 6.40. The highest BCUT2D eigenvalue weighted by Gasteiger charge is 2.18.